The van der Waals surface area contributed by atoms with E-state index in [-0.39, 0.29) is 12.2 Å². The highest BCUT2D eigenvalue weighted by Gasteiger charge is 2.10. The van der Waals surface area contributed by atoms with Gasteiger partial charge in [-0.25, -0.2) is 4.79 Å². The molecular weight excluding hydrogens is 266 g/mol. The number of hydrogen-bond acceptors (Lipinski definition) is 5. The fourth-order valence-electron chi connectivity index (χ4n) is 1.51. The normalized spacial score (nSPS) is 10.2. The Bertz CT molecular complexity index is 412. The number of anilines is 1. The van der Waals surface area contributed by atoms with E-state index < -0.39 is 5.97 Å². The molecule has 1 rings (SSSR count). The molecule has 0 unspecified atom stereocenters. The van der Waals surface area contributed by atoms with Crippen LogP contribution in [0.25, 0.3) is 0 Å². The monoisotopic (exact) mass is 285 g/mol. The summed E-state index contributed by atoms with van der Waals surface area (Å²) >= 11 is 1.72. The van der Waals surface area contributed by atoms with Crippen LogP contribution in [0.2, 0.25) is 0 Å². The number of benzene rings is 1. The molecule has 0 aromatic heterocycles. The van der Waals surface area contributed by atoms with Gasteiger partial charge in [-0.2, -0.15) is 11.8 Å². The van der Waals surface area contributed by atoms with Gasteiger partial charge < -0.3 is 20.3 Å². The van der Waals surface area contributed by atoms with Gasteiger partial charge in [-0.3, -0.25) is 0 Å². The summed E-state index contributed by atoms with van der Waals surface area (Å²) in [6.45, 7) is 0.878. The molecule has 1 aromatic rings. The van der Waals surface area contributed by atoms with E-state index in [1.807, 2.05) is 0 Å². The molecule has 0 fully saturated rings. The summed E-state index contributed by atoms with van der Waals surface area (Å²) in [4.78, 5) is 11.1. The second kappa shape index (κ2) is 8.66. The van der Waals surface area contributed by atoms with Gasteiger partial charge in [-0.15, -0.1) is 0 Å². The molecule has 1 aromatic carbocycles. The number of carboxylic acids is 1. The molecule has 0 radical (unpaired) electrons. The van der Waals surface area contributed by atoms with Crippen molar-refractivity contribution in [3.63, 3.8) is 0 Å². The minimum absolute atomic E-state index is 0.208. The van der Waals surface area contributed by atoms with Crippen molar-refractivity contribution in [3.8, 4) is 5.75 Å². The van der Waals surface area contributed by atoms with Crippen molar-refractivity contribution in [3.05, 3.63) is 23.8 Å². The molecule has 0 spiro atoms. The van der Waals surface area contributed by atoms with Crippen molar-refractivity contribution in [2.24, 2.45) is 0 Å². The number of aliphatic hydroxyl groups is 1. The van der Waals surface area contributed by atoms with Crippen molar-refractivity contribution in [1.82, 2.24) is 0 Å². The van der Waals surface area contributed by atoms with E-state index in [2.05, 4.69) is 5.32 Å². The molecule has 6 heteroatoms. The number of hydrogen-bond donors (Lipinski definition) is 3. The highest BCUT2D eigenvalue weighted by molar-refractivity contribution is 7.99. The highest BCUT2D eigenvalue weighted by Crippen LogP contribution is 2.22. The largest absolute Gasteiger partial charge is 0.497 e. The van der Waals surface area contributed by atoms with Gasteiger partial charge in [0, 0.05) is 25.0 Å². The first-order valence-corrected chi connectivity index (χ1v) is 7.18. The molecule has 0 atom stereocenters. The van der Waals surface area contributed by atoms with Gasteiger partial charge in [0.05, 0.1) is 18.4 Å². The number of aromatic carboxylic acids is 1. The van der Waals surface area contributed by atoms with Crippen LogP contribution >= 0.6 is 11.8 Å². The van der Waals surface area contributed by atoms with E-state index in [0.29, 0.717) is 18.0 Å². The third-order valence-corrected chi connectivity index (χ3v) is 3.54. The summed E-state index contributed by atoms with van der Waals surface area (Å²) in [6, 6.07) is 4.84. The molecule has 106 valence electrons. The van der Waals surface area contributed by atoms with Crippen LogP contribution in [0.5, 0.6) is 5.75 Å². The summed E-state index contributed by atoms with van der Waals surface area (Å²) in [5.41, 5.74) is 0.802. The van der Waals surface area contributed by atoms with Crippen molar-refractivity contribution < 1.29 is 19.7 Å². The zero-order valence-electron chi connectivity index (χ0n) is 10.9. The number of aliphatic hydroxyl groups excluding tert-OH is 1. The average Bonchev–Trinajstić information content (AvgIpc) is 2.42. The van der Waals surface area contributed by atoms with Crippen LogP contribution in [0, 0.1) is 0 Å². The average molecular weight is 285 g/mol. The molecule has 19 heavy (non-hydrogen) atoms. The number of carboxylic acid groups (broad SMARTS) is 1. The Morgan fingerprint density at radius 2 is 2.21 bits per heavy atom. The molecule has 0 heterocycles. The first kappa shape index (κ1) is 15.7. The predicted octanol–water partition coefficient (Wildman–Crippen LogP) is 1.92. The van der Waals surface area contributed by atoms with E-state index in [4.69, 9.17) is 14.9 Å². The molecule has 0 saturated heterocycles. The van der Waals surface area contributed by atoms with Gasteiger partial charge in [0.2, 0.25) is 0 Å². The smallest absolute Gasteiger partial charge is 0.337 e. The summed E-state index contributed by atoms with van der Waals surface area (Å²) in [5, 5.41) is 20.8. The van der Waals surface area contributed by atoms with E-state index >= 15 is 0 Å². The van der Waals surface area contributed by atoms with E-state index in [1.165, 1.54) is 6.07 Å². The zero-order valence-corrected chi connectivity index (χ0v) is 11.7. The lowest BCUT2D eigenvalue weighted by Crippen LogP contribution is -2.09. The van der Waals surface area contributed by atoms with Gasteiger partial charge in [-0.05, 0) is 24.3 Å². The standard InChI is InChI=1S/C13H19NO4S/c1-18-10-3-4-11(13(16)17)12(9-10)14-5-8-19-7-2-6-15/h3-4,9,14-15H,2,5-8H2,1H3,(H,16,17). The molecule has 0 amide bonds. The van der Waals surface area contributed by atoms with Crippen LogP contribution < -0.4 is 10.1 Å². The maximum Gasteiger partial charge on any atom is 0.337 e. The maximum absolute atomic E-state index is 11.1. The van der Waals surface area contributed by atoms with Gasteiger partial charge in [0.25, 0.3) is 0 Å². The highest BCUT2D eigenvalue weighted by atomic mass is 32.2. The van der Waals surface area contributed by atoms with Crippen LogP contribution in [0.3, 0.4) is 0 Å². The first-order chi connectivity index (χ1) is 9.19. The fraction of sp³-hybridized carbons (Fsp3) is 0.462. The quantitative estimate of drug-likeness (QED) is 0.602. The SMILES string of the molecule is COc1ccc(C(=O)O)c(NCCSCCCO)c1. The van der Waals surface area contributed by atoms with Crippen molar-refractivity contribution >= 4 is 23.4 Å². The summed E-state index contributed by atoms with van der Waals surface area (Å²) < 4.78 is 5.08. The fourth-order valence-corrected chi connectivity index (χ4v) is 2.29. The Kier molecular flexibility index (Phi) is 7.14. The van der Waals surface area contributed by atoms with Gasteiger partial charge in [0.15, 0.2) is 0 Å². The third-order valence-electron chi connectivity index (χ3n) is 2.47. The molecule has 3 N–H and O–H groups in total. The minimum atomic E-state index is -0.960. The second-order valence-electron chi connectivity index (χ2n) is 3.83. The second-order valence-corrected chi connectivity index (χ2v) is 5.06. The Morgan fingerprint density at radius 3 is 2.84 bits per heavy atom. The van der Waals surface area contributed by atoms with Crippen LogP contribution in [0.4, 0.5) is 5.69 Å². The Hall–Kier alpha value is -1.40. The van der Waals surface area contributed by atoms with Gasteiger partial charge in [0.1, 0.15) is 5.75 Å². The summed E-state index contributed by atoms with van der Waals surface area (Å²) in [5.74, 6) is 1.43. The number of carbonyl (C=O) groups is 1. The van der Waals surface area contributed by atoms with Crippen LogP contribution in [0.1, 0.15) is 16.8 Å². The van der Waals surface area contributed by atoms with Crippen molar-refractivity contribution in [1.29, 1.82) is 0 Å². The Labute approximate surface area is 117 Å². The Balaban J connectivity index is 2.52. The molecular formula is C13H19NO4S. The van der Waals surface area contributed by atoms with Crippen LogP contribution in [-0.4, -0.2) is 47.9 Å². The summed E-state index contributed by atoms with van der Waals surface area (Å²) in [7, 11) is 1.55. The van der Waals surface area contributed by atoms with Crippen molar-refractivity contribution in [2.45, 2.75) is 6.42 Å². The predicted molar refractivity (Wildman–Crippen MR) is 77.5 cm³/mol. The zero-order chi connectivity index (χ0) is 14.1. The summed E-state index contributed by atoms with van der Waals surface area (Å²) in [6.07, 6.45) is 0.782. The topological polar surface area (TPSA) is 78.8 Å². The lowest BCUT2D eigenvalue weighted by atomic mass is 10.1. The number of methoxy groups -OCH3 is 1. The van der Waals surface area contributed by atoms with Gasteiger partial charge in [-0.1, -0.05) is 0 Å². The number of thioether (sulfide) groups is 1. The van der Waals surface area contributed by atoms with Crippen molar-refractivity contribution in [2.75, 3.05) is 37.1 Å². The third kappa shape index (κ3) is 5.40. The molecule has 0 aliphatic rings. The van der Waals surface area contributed by atoms with Gasteiger partial charge >= 0.3 is 5.97 Å². The molecule has 5 nitrogen and oxygen atoms in total. The number of rotatable bonds is 9. The number of nitrogens with one attached hydrogen (secondary N) is 1. The molecule has 0 saturated carbocycles. The molecule has 0 aliphatic carbocycles. The van der Waals surface area contributed by atoms with E-state index in [1.54, 1.807) is 31.0 Å². The lowest BCUT2D eigenvalue weighted by molar-refractivity contribution is 0.0698. The number of ether oxygens (including phenoxy) is 1. The van der Waals surface area contributed by atoms with E-state index in [0.717, 1.165) is 17.9 Å². The minimum Gasteiger partial charge on any atom is -0.497 e. The van der Waals surface area contributed by atoms with Crippen LogP contribution in [-0.2, 0) is 0 Å². The first-order valence-electron chi connectivity index (χ1n) is 6.03. The maximum atomic E-state index is 11.1. The molecule has 0 bridgehead atoms. The Morgan fingerprint density at radius 1 is 1.42 bits per heavy atom. The lowest BCUT2D eigenvalue weighted by Gasteiger charge is -2.11. The molecule has 0 aliphatic heterocycles. The van der Waals surface area contributed by atoms with E-state index in [9.17, 15) is 4.79 Å². The van der Waals surface area contributed by atoms with Crippen LogP contribution in [0.15, 0.2) is 18.2 Å².